The Kier molecular flexibility index (Phi) is 5.01. The summed E-state index contributed by atoms with van der Waals surface area (Å²) < 4.78 is 0. The summed E-state index contributed by atoms with van der Waals surface area (Å²) in [4.78, 5) is 24.6. The molecule has 0 aromatic rings. The predicted octanol–water partition coefficient (Wildman–Crippen LogP) is 4.61. The van der Waals surface area contributed by atoms with Gasteiger partial charge in [-0.15, -0.1) is 0 Å². The number of carbonyl (C=O) groups is 2. The number of aliphatic hydroxyl groups excluding tert-OH is 1. The SMILES string of the molecule is C[C@H](CCC(=O)O)[C@H]1CC[C@H]2C3=CC[C@@H]4C[C@H](O)CC[C@]4(C)[C@H]3CC(=O)[C@]12C. The van der Waals surface area contributed by atoms with Crippen LogP contribution in [0, 0.1) is 40.4 Å². The normalized spacial score (nSPS) is 46.2. The smallest absolute Gasteiger partial charge is 0.303 e. The van der Waals surface area contributed by atoms with Crippen molar-refractivity contribution < 1.29 is 19.8 Å². The van der Waals surface area contributed by atoms with Crippen molar-refractivity contribution in [2.75, 3.05) is 0 Å². The van der Waals surface area contributed by atoms with E-state index in [-0.39, 0.29) is 29.3 Å². The molecule has 4 rings (SSSR count). The first-order valence-electron chi connectivity index (χ1n) is 11.3. The van der Waals surface area contributed by atoms with Crippen LogP contribution >= 0.6 is 0 Å². The van der Waals surface area contributed by atoms with Gasteiger partial charge in [0, 0.05) is 18.3 Å². The largest absolute Gasteiger partial charge is 0.481 e. The number of ketones is 1. The first-order chi connectivity index (χ1) is 13.2. The first-order valence-corrected chi connectivity index (χ1v) is 11.3. The van der Waals surface area contributed by atoms with Gasteiger partial charge in [-0.25, -0.2) is 0 Å². The van der Waals surface area contributed by atoms with Gasteiger partial charge < -0.3 is 10.2 Å². The highest BCUT2D eigenvalue weighted by Gasteiger charge is 2.61. The maximum absolute atomic E-state index is 13.6. The molecule has 0 radical (unpaired) electrons. The molecule has 4 aliphatic carbocycles. The van der Waals surface area contributed by atoms with Crippen LogP contribution in [0.2, 0.25) is 0 Å². The van der Waals surface area contributed by atoms with E-state index >= 15 is 0 Å². The number of aliphatic hydroxyl groups is 1. The minimum atomic E-state index is -0.741. The summed E-state index contributed by atoms with van der Waals surface area (Å²) in [6, 6.07) is 0. The molecule has 0 heterocycles. The van der Waals surface area contributed by atoms with Crippen LogP contribution in [0.3, 0.4) is 0 Å². The highest BCUT2D eigenvalue weighted by molar-refractivity contribution is 5.88. The fourth-order valence-corrected chi connectivity index (χ4v) is 7.71. The highest BCUT2D eigenvalue weighted by atomic mass is 16.4. The number of carboxylic acid groups (broad SMARTS) is 1. The molecule has 156 valence electrons. The van der Waals surface area contributed by atoms with Crippen molar-refractivity contribution >= 4 is 11.8 Å². The lowest BCUT2D eigenvalue weighted by atomic mass is 9.47. The number of carbonyl (C=O) groups excluding carboxylic acids is 1. The zero-order valence-corrected chi connectivity index (χ0v) is 17.6. The van der Waals surface area contributed by atoms with Crippen molar-refractivity contribution in [1.29, 1.82) is 0 Å². The van der Waals surface area contributed by atoms with Gasteiger partial charge >= 0.3 is 5.97 Å². The van der Waals surface area contributed by atoms with E-state index in [1.54, 1.807) is 0 Å². The van der Waals surface area contributed by atoms with E-state index in [9.17, 15) is 14.7 Å². The lowest BCUT2D eigenvalue weighted by molar-refractivity contribution is -0.140. The van der Waals surface area contributed by atoms with E-state index in [0.29, 0.717) is 42.3 Å². The molecule has 0 bridgehead atoms. The molecule has 0 unspecified atom stereocenters. The summed E-state index contributed by atoms with van der Waals surface area (Å²) >= 11 is 0. The van der Waals surface area contributed by atoms with E-state index < -0.39 is 5.97 Å². The second kappa shape index (κ2) is 6.97. The molecule has 3 saturated carbocycles. The fourth-order valence-electron chi connectivity index (χ4n) is 7.71. The number of hydrogen-bond donors (Lipinski definition) is 2. The van der Waals surface area contributed by atoms with Crippen LogP contribution in [-0.4, -0.2) is 28.1 Å². The molecule has 0 spiro atoms. The zero-order valence-electron chi connectivity index (χ0n) is 17.6. The molecule has 4 aliphatic rings. The third-order valence-electron chi connectivity index (χ3n) is 9.50. The van der Waals surface area contributed by atoms with Gasteiger partial charge in [0.15, 0.2) is 0 Å². The Bertz CT molecular complexity index is 697. The molecule has 28 heavy (non-hydrogen) atoms. The third kappa shape index (κ3) is 2.89. The van der Waals surface area contributed by atoms with E-state index in [1.807, 2.05) is 0 Å². The van der Waals surface area contributed by atoms with E-state index in [4.69, 9.17) is 5.11 Å². The molecular weight excluding hydrogens is 352 g/mol. The number of carboxylic acids is 1. The van der Waals surface area contributed by atoms with Gasteiger partial charge in [-0.2, -0.15) is 0 Å². The Morgan fingerprint density at radius 2 is 2.00 bits per heavy atom. The van der Waals surface area contributed by atoms with Gasteiger partial charge in [-0.1, -0.05) is 32.4 Å². The van der Waals surface area contributed by atoms with Gasteiger partial charge in [0.05, 0.1) is 6.10 Å². The predicted molar refractivity (Wildman–Crippen MR) is 108 cm³/mol. The van der Waals surface area contributed by atoms with Crippen molar-refractivity contribution in [2.45, 2.75) is 84.7 Å². The Morgan fingerprint density at radius 1 is 1.25 bits per heavy atom. The average Bonchev–Trinajstić information content (AvgIpc) is 3.00. The second-order valence-corrected chi connectivity index (χ2v) is 10.7. The summed E-state index contributed by atoms with van der Waals surface area (Å²) in [5.74, 6) is 1.41. The Labute approximate surface area is 168 Å². The molecule has 0 amide bonds. The number of hydrogen-bond acceptors (Lipinski definition) is 3. The number of fused-ring (bicyclic) bond motifs is 5. The number of allylic oxidation sites excluding steroid dienone is 2. The Hall–Kier alpha value is -1.16. The fraction of sp³-hybridized carbons (Fsp3) is 0.833. The monoisotopic (exact) mass is 388 g/mol. The molecule has 0 saturated heterocycles. The molecule has 0 aromatic heterocycles. The van der Waals surface area contributed by atoms with Crippen molar-refractivity contribution in [3.8, 4) is 0 Å². The molecule has 2 N–H and O–H groups in total. The van der Waals surface area contributed by atoms with Crippen molar-refractivity contribution in [1.82, 2.24) is 0 Å². The topological polar surface area (TPSA) is 74.6 Å². The molecule has 0 aromatic carbocycles. The molecular formula is C24H36O4. The summed E-state index contributed by atoms with van der Waals surface area (Å²) in [6.07, 6.45) is 9.67. The van der Waals surface area contributed by atoms with Crippen LogP contribution in [0.4, 0.5) is 0 Å². The maximum Gasteiger partial charge on any atom is 0.303 e. The van der Waals surface area contributed by atoms with Gasteiger partial charge in [0.25, 0.3) is 0 Å². The van der Waals surface area contributed by atoms with E-state index in [0.717, 1.165) is 38.5 Å². The van der Waals surface area contributed by atoms with Crippen LogP contribution in [0.25, 0.3) is 0 Å². The first kappa shape index (κ1) is 20.1. The van der Waals surface area contributed by atoms with Crippen LogP contribution in [-0.2, 0) is 9.59 Å². The Morgan fingerprint density at radius 3 is 2.71 bits per heavy atom. The minimum absolute atomic E-state index is 0.146. The van der Waals surface area contributed by atoms with Crippen molar-refractivity contribution in [3.63, 3.8) is 0 Å². The molecule has 8 atom stereocenters. The lowest BCUT2D eigenvalue weighted by Gasteiger charge is -2.57. The minimum Gasteiger partial charge on any atom is -0.481 e. The number of aliphatic carboxylic acids is 1. The Balaban J connectivity index is 1.62. The second-order valence-electron chi connectivity index (χ2n) is 10.7. The van der Waals surface area contributed by atoms with Crippen molar-refractivity contribution in [2.24, 2.45) is 40.4 Å². The van der Waals surface area contributed by atoms with Gasteiger partial charge in [0.2, 0.25) is 0 Å². The van der Waals surface area contributed by atoms with Crippen LogP contribution < -0.4 is 0 Å². The number of rotatable bonds is 4. The molecule has 0 aliphatic heterocycles. The van der Waals surface area contributed by atoms with E-state index in [2.05, 4.69) is 26.8 Å². The summed E-state index contributed by atoms with van der Waals surface area (Å²) in [6.45, 7) is 6.71. The third-order valence-corrected chi connectivity index (χ3v) is 9.50. The van der Waals surface area contributed by atoms with Gasteiger partial charge in [-0.3, -0.25) is 9.59 Å². The summed E-state index contributed by atoms with van der Waals surface area (Å²) in [7, 11) is 0. The van der Waals surface area contributed by atoms with Crippen LogP contribution in [0.5, 0.6) is 0 Å². The average molecular weight is 389 g/mol. The quantitative estimate of drug-likeness (QED) is 0.690. The highest BCUT2D eigenvalue weighted by Crippen LogP contribution is 2.65. The molecule has 4 heteroatoms. The molecule has 3 fully saturated rings. The van der Waals surface area contributed by atoms with Crippen LogP contribution in [0.1, 0.15) is 78.6 Å². The summed E-state index contributed by atoms with van der Waals surface area (Å²) in [5.41, 5.74) is 1.36. The number of Topliss-reactive ketones (excluding diaryl/α,β-unsaturated/α-hetero) is 1. The molecule has 4 nitrogen and oxygen atoms in total. The maximum atomic E-state index is 13.6. The van der Waals surface area contributed by atoms with Crippen LogP contribution in [0.15, 0.2) is 11.6 Å². The standard InChI is InChI=1S/C24H36O4/c1-14(4-9-22(27)28)18-7-8-19-17-6-5-15-12-16(25)10-11-23(15,2)20(17)13-21(26)24(18,19)3/h6,14-16,18-20,25H,4-5,7-13H2,1-3H3,(H,27,28)/t14-,15-,16-,18-,19+,20+,23+,24-/m1/s1. The van der Waals surface area contributed by atoms with Gasteiger partial charge in [0.1, 0.15) is 5.78 Å². The van der Waals surface area contributed by atoms with Gasteiger partial charge in [-0.05, 0) is 80.0 Å². The van der Waals surface area contributed by atoms with Crippen molar-refractivity contribution in [3.05, 3.63) is 11.6 Å². The summed E-state index contributed by atoms with van der Waals surface area (Å²) in [5, 5.41) is 19.2. The van der Waals surface area contributed by atoms with E-state index in [1.165, 1.54) is 5.57 Å². The zero-order chi connectivity index (χ0) is 20.3. The lowest BCUT2D eigenvalue weighted by Crippen LogP contribution is -2.53.